The summed E-state index contributed by atoms with van der Waals surface area (Å²) in [7, 11) is 1.21. The molecule has 0 atom stereocenters. The number of carbonyl (C=O) groups is 2. The monoisotopic (exact) mass is 438 g/mol. The number of benzene rings is 1. The summed E-state index contributed by atoms with van der Waals surface area (Å²) < 4.78 is 11.6. The molecule has 2 N–H and O–H groups in total. The van der Waals surface area contributed by atoms with Crippen molar-refractivity contribution in [3.63, 3.8) is 0 Å². The van der Waals surface area contributed by atoms with Crippen LogP contribution in [0.15, 0.2) is 70.2 Å². The highest BCUT2D eigenvalue weighted by Crippen LogP contribution is 2.25. The zero-order valence-electron chi connectivity index (χ0n) is 16.1. The fourth-order valence-electron chi connectivity index (χ4n) is 2.87. The molecular formula is C21H15ClN4O5. The molecule has 10 heteroatoms. The number of methoxy groups -OCH3 is 1. The van der Waals surface area contributed by atoms with Crippen LogP contribution >= 0.6 is 11.6 Å². The first-order valence-corrected chi connectivity index (χ1v) is 9.36. The molecule has 4 rings (SSSR count). The summed E-state index contributed by atoms with van der Waals surface area (Å²) >= 11 is 5.97. The Balaban J connectivity index is 1.71. The van der Waals surface area contributed by atoms with E-state index in [0.29, 0.717) is 22.2 Å². The van der Waals surface area contributed by atoms with Crippen LogP contribution in [0.4, 0.5) is 5.69 Å². The van der Waals surface area contributed by atoms with Gasteiger partial charge in [-0.2, -0.15) is 5.10 Å². The minimum atomic E-state index is -0.654. The fraction of sp³-hybridized carbons (Fsp3) is 0.0476. The van der Waals surface area contributed by atoms with E-state index in [1.807, 2.05) is 0 Å². The molecule has 0 spiro atoms. The van der Waals surface area contributed by atoms with E-state index in [2.05, 4.69) is 20.1 Å². The quantitative estimate of drug-likeness (QED) is 0.460. The smallest absolute Gasteiger partial charge is 0.339 e. The lowest BCUT2D eigenvalue weighted by atomic mass is 10.2. The normalized spacial score (nSPS) is 10.6. The Hall–Kier alpha value is -4.11. The highest BCUT2D eigenvalue weighted by molar-refractivity contribution is 6.30. The van der Waals surface area contributed by atoms with Crippen LogP contribution in [0.3, 0.4) is 0 Å². The van der Waals surface area contributed by atoms with Gasteiger partial charge in [-0.1, -0.05) is 11.6 Å². The first kappa shape index (κ1) is 20.2. The molecule has 0 radical (unpaired) electrons. The minimum absolute atomic E-state index is 0.0317. The molecule has 0 aliphatic heterocycles. The molecule has 4 aromatic rings. The van der Waals surface area contributed by atoms with Gasteiger partial charge in [0.2, 0.25) is 0 Å². The molecular weight excluding hydrogens is 424 g/mol. The van der Waals surface area contributed by atoms with Crippen LogP contribution in [0.1, 0.15) is 20.8 Å². The molecule has 9 nitrogen and oxygen atoms in total. The highest BCUT2D eigenvalue weighted by atomic mass is 35.5. The number of hydrogen-bond acceptors (Lipinski definition) is 6. The van der Waals surface area contributed by atoms with Gasteiger partial charge in [-0.25, -0.2) is 9.48 Å². The maximum Gasteiger partial charge on any atom is 0.339 e. The van der Waals surface area contributed by atoms with E-state index >= 15 is 0 Å². The van der Waals surface area contributed by atoms with Crippen molar-refractivity contribution in [2.24, 2.45) is 0 Å². The van der Waals surface area contributed by atoms with Gasteiger partial charge in [-0.05, 0) is 42.5 Å². The van der Waals surface area contributed by atoms with Crippen molar-refractivity contribution >= 4 is 29.2 Å². The number of anilines is 1. The van der Waals surface area contributed by atoms with E-state index in [-0.39, 0.29) is 16.9 Å². The van der Waals surface area contributed by atoms with E-state index in [4.69, 9.17) is 16.0 Å². The molecule has 1 aromatic carbocycles. The Morgan fingerprint density at radius 3 is 2.65 bits per heavy atom. The van der Waals surface area contributed by atoms with E-state index < -0.39 is 17.4 Å². The Bertz CT molecular complexity index is 1310. The predicted molar refractivity (Wildman–Crippen MR) is 113 cm³/mol. The lowest BCUT2D eigenvalue weighted by Gasteiger charge is -2.06. The number of nitrogens with one attached hydrogen (secondary N) is 2. The van der Waals surface area contributed by atoms with Gasteiger partial charge < -0.3 is 19.5 Å². The number of H-pyrrole nitrogens is 1. The second-order valence-electron chi connectivity index (χ2n) is 6.36. The van der Waals surface area contributed by atoms with Crippen molar-refractivity contribution < 1.29 is 18.7 Å². The number of aromatic amines is 1. The Kier molecular flexibility index (Phi) is 5.42. The zero-order chi connectivity index (χ0) is 22.0. The van der Waals surface area contributed by atoms with Crippen LogP contribution in [0.5, 0.6) is 0 Å². The molecule has 31 heavy (non-hydrogen) atoms. The second-order valence-corrected chi connectivity index (χ2v) is 6.79. The van der Waals surface area contributed by atoms with Crippen molar-refractivity contribution in [2.45, 2.75) is 0 Å². The van der Waals surface area contributed by atoms with Crippen molar-refractivity contribution in [3.8, 4) is 17.1 Å². The number of furan rings is 1. The standard InChI is InChI=1S/C21H15ClN4O5/c1-30-21(29)12-9-15(19(27)23-11-12)24-20(28)16-10-17(18-3-2-8-31-18)26(25-16)14-6-4-13(22)5-7-14/h2-11H,1H3,(H,23,27)(H,24,28). The van der Waals surface area contributed by atoms with E-state index in [0.717, 1.165) is 0 Å². The van der Waals surface area contributed by atoms with Crippen molar-refractivity contribution in [1.29, 1.82) is 0 Å². The fourth-order valence-corrected chi connectivity index (χ4v) is 3.00. The Morgan fingerprint density at radius 1 is 1.19 bits per heavy atom. The molecule has 1 amide bonds. The molecule has 0 saturated heterocycles. The summed E-state index contributed by atoms with van der Waals surface area (Å²) in [5.74, 6) is -0.807. The highest BCUT2D eigenvalue weighted by Gasteiger charge is 2.20. The Morgan fingerprint density at radius 2 is 1.97 bits per heavy atom. The first-order chi connectivity index (χ1) is 15.0. The third-order valence-corrected chi connectivity index (χ3v) is 4.61. The molecule has 3 heterocycles. The van der Waals surface area contributed by atoms with E-state index in [1.54, 1.807) is 36.4 Å². The van der Waals surface area contributed by atoms with Gasteiger partial charge in [0.1, 0.15) is 11.4 Å². The predicted octanol–water partition coefficient (Wildman–Crippen LogP) is 3.51. The number of halogens is 1. The number of carbonyl (C=O) groups excluding carboxylic acids is 2. The average molecular weight is 439 g/mol. The van der Waals surface area contributed by atoms with Crippen LogP contribution < -0.4 is 10.9 Å². The number of nitrogens with zero attached hydrogens (tertiary/aromatic N) is 2. The lowest BCUT2D eigenvalue weighted by molar-refractivity contribution is 0.0600. The molecule has 0 fully saturated rings. The maximum atomic E-state index is 12.8. The van der Waals surface area contributed by atoms with E-state index in [1.165, 1.54) is 36.4 Å². The van der Waals surface area contributed by atoms with Crippen molar-refractivity contribution in [1.82, 2.24) is 14.8 Å². The number of esters is 1. The third-order valence-electron chi connectivity index (χ3n) is 4.36. The second kappa shape index (κ2) is 8.33. The van der Waals surface area contributed by atoms with Crippen LogP contribution in [-0.4, -0.2) is 33.8 Å². The summed E-state index contributed by atoms with van der Waals surface area (Å²) in [6, 6.07) is 13.1. The summed E-state index contributed by atoms with van der Waals surface area (Å²) in [6.45, 7) is 0. The topological polar surface area (TPSA) is 119 Å². The number of hydrogen-bond donors (Lipinski definition) is 2. The molecule has 0 saturated carbocycles. The van der Waals surface area contributed by atoms with Crippen molar-refractivity contribution in [3.05, 3.63) is 87.6 Å². The molecule has 156 valence electrons. The van der Waals surface area contributed by atoms with Crippen LogP contribution in [0.25, 0.3) is 17.1 Å². The SMILES string of the molecule is COC(=O)c1c[nH]c(=O)c(NC(=O)c2cc(-c3ccco3)n(-c3ccc(Cl)cc3)n2)c1. The van der Waals surface area contributed by atoms with Gasteiger partial charge in [0.25, 0.3) is 11.5 Å². The van der Waals surface area contributed by atoms with Crippen molar-refractivity contribution in [2.75, 3.05) is 12.4 Å². The van der Waals surface area contributed by atoms with Gasteiger partial charge in [0.15, 0.2) is 11.5 Å². The van der Waals surface area contributed by atoms with Crippen LogP contribution in [0, 0.1) is 0 Å². The number of rotatable bonds is 5. The van der Waals surface area contributed by atoms with Crippen LogP contribution in [-0.2, 0) is 4.74 Å². The third kappa shape index (κ3) is 4.12. The van der Waals surface area contributed by atoms with Gasteiger partial charge >= 0.3 is 5.97 Å². The molecule has 0 aliphatic carbocycles. The summed E-state index contributed by atoms with van der Waals surface area (Å²) in [4.78, 5) is 39.0. The number of aromatic nitrogens is 3. The van der Waals surface area contributed by atoms with Crippen LogP contribution in [0.2, 0.25) is 5.02 Å². The van der Waals surface area contributed by atoms with Gasteiger partial charge in [0, 0.05) is 17.3 Å². The van der Waals surface area contributed by atoms with Gasteiger partial charge in [0.05, 0.1) is 24.6 Å². The summed E-state index contributed by atoms with van der Waals surface area (Å²) in [5.41, 5.74) is 0.595. The number of ether oxygens (including phenoxy) is 1. The molecule has 0 aliphatic rings. The largest absolute Gasteiger partial charge is 0.465 e. The zero-order valence-corrected chi connectivity index (χ0v) is 16.8. The number of amides is 1. The average Bonchev–Trinajstić information content (AvgIpc) is 3.45. The van der Waals surface area contributed by atoms with Gasteiger partial charge in [-0.15, -0.1) is 0 Å². The molecule has 0 unspecified atom stereocenters. The molecule has 0 bridgehead atoms. The summed E-state index contributed by atoms with van der Waals surface area (Å²) in [6.07, 6.45) is 2.71. The van der Waals surface area contributed by atoms with Gasteiger partial charge in [-0.3, -0.25) is 9.59 Å². The lowest BCUT2D eigenvalue weighted by Crippen LogP contribution is -2.21. The number of pyridine rings is 1. The maximum absolute atomic E-state index is 12.8. The minimum Gasteiger partial charge on any atom is -0.465 e. The first-order valence-electron chi connectivity index (χ1n) is 8.98. The summed E-state index contributed by atoms with van der Waals surface area (Å²) in [5, 5.41) is 7.39. The van der Waals surface area contributed by atoms with E-state index in [9.17, 15) is 14.4 Å². The molecule has 3 aromatic heterocycles. The Labute approximate surface area is 180 Å².